The molecule has 37 heavy (non-hydrogen) atoms. The molecule has 4 aromatic rings. The Morgan fingerprint density at radius 1 is 0.946 bits per heavy atom. The predicted octanol–water partition coefficient (Wildman–Crippen LogP) is 7.44. The van der Waals surface area contributed by atoms with Gasteiger partial charge in [-0.2, -0.15) is 0 Å². The number of benzene rings is 3. The normalized spacial score (nSPS) is 16.3. The molecule has 190 valence electrons. The Morgan fingerprint density at radius 3 is 2.38 bits per heavy atom. The fourth-order valence-corrected chi connectivity index (χ4v) is 5.42. The van der Waals surface area contributed by atoms with Crippen molar-refractivity contribution in [3.63, 3.8) is 0 Å². The first-order valence-corrected chi connectivity index (χ1v) is 13.5. The second-order valence-electron chi connectivity index (χ2n) is 10.0. The van der Waals surface area contributed by atoms with Crippen molar-refractivity contribution in [2.75, 3.05) is 31.6 Å². The quantitative estimate of drug-likeness (QED) is 0.258. The van der Waals surface area contributed by atoms with E-state index < -0.39 is 0 Å². The van der Waals surface area contributed by atoms with E-state index in [2.05, 4.69) is 40.5 Å². The zero-order valence-electron chi connectivity index (χ0n) is 20.5. The summed E-state index contributed by atoms with van der Waals surface area (Å²) in [7, 11) is 0. The molecule has 0 spiro atoms. The Morgan fingerprint density at radius 2 is 1.68 bits per heavy atom. The molecule has 1 saturated carbocycles. The van der Waals surface area contributed by atoms with E-state index in [1.807, 2.05) is 18.3 Å². The number of halogens is 2. The average Bonchev–Trinajstić information content (AvgIpc) is 3.74. The maximum Gasteiger partial charge on any atom is 0.152 e. The smallest absolute Gasteiger partial charge is 0.152 e. The van der Waals surface area contributed by atoms with Gasteiger partial charge in [-0.3, -0.25) is 9.88 Å². The summed E-state index contributed by atoms with van der Waals surface area (Å²) < 4.78 is 5.47. The SMILES string of the molecule is Oc1c(Cl)cc(-c2ccc3ncc(CC4CC4)c(Nc4ccc(CN5CCOCC5)cc4)c3c2)cc1Cl. The molecule has 5 nitrogen and oxygen atoms in total. The first-order chi connectivity index (χ1) is 18.0. The van der Waals surface area contributed by atoms with Gasteiger partial charge in [-0.15, -0.1) is 0 Å². The molecule has 2 N–H and O–H groups in total. The van der Waals surface area contributed by atoms with Crippen LogP contribution in [0, 0.1) is 5.92 Å². The maximum atomic E-state index is 10.0. The van der Waals surface area contributed by atoms with E-state index in [0.29, 0.717) is 0 Å². The fourth-order valence-electron chi connectivity index (χ4n) is 4.94. The number of hydrogen-bond acceptors (Lipinski definition) is 5. The molecule has 1 saturated heterocycles. The van der Waals surface area contributed by atoms with E-state index in [4.69, 9.17) is 32.9 Å². The zero-order valence-corrected chi connectivity index (χ0v) is 22.0. The Bertz CT molecular complexity index is 1410. The lowest BCUT2D eigenvalue weighted by molar-refractivity contribution is 0.0342. The third-order valence-corrected chi connectivity index (χ3v) is 7.81. The highest BCUT2D eigenvalue weighted by Crippen LogP contribution is 2.40. The van der Waals surface area contributed by atoms with Gasteiger partial charge in [0.1, 0.15) is 0 Å². The van der Waals surface area contributed by atoms with E-state index in [-0.39, 0.29) is 15.8 Å². The summed E-state index contributed by atoms with van der Waals surface area (Å²) in [5.41, 5.74) is 7.41. The topological polar surface area (TPSA) is 57.6 Å². The lowest BCUT2D eigenvalue weighted by Crippen LogP contribution is -2.35. The number of morpholine rings is 1. The fraction of sp³-hybridized carbons (Fsp3) is 0.300. The summed E-state index contributed by atoms with van der Waals surface area (Å²) in [5.74, 6) is 0.634. The number of anilines is 2. The van der Waals surface area contributed by atoms with Crippen molar-refractivity contribution >= 4 is 45.5 Å². The van der Waals surface area contributed by atoms with Crippen molar-refractivity contribution in [1.29, 1.82) is 0 Å². The number of pyridine rings is 1. The van der Waals surface area contributed by atoms with Crippen LogP contribution in [0.3, 0.4) is 0 Å². The summed E-state index contributed by atoms with van der Waals surface area (Å²) in [6, 6.07) is 18.4. The van der Waals surface area contributed by atoms with Crippen LogP contribution in [0.1, 0.15) is 24.0 Å². The second kappa shape index (κ2) is 10.5. The van der Waals surface area contributed by atoms with Gasteiger partial charge < -0.3 is 15.2 Å². The number of aromatic hydroxyl groups is 1. The monoisotopic (exact) mass is 533 g/mol. The maximum absolute atomic E-state index is 10.0. The first kappa shape index (κ1) is 24.5. The lowest BCUT2D eigenvalue weighted by Gasteiger charge is -2.26. The van der Waals surface area contributed by atoms with Crippen LogP contribution in [0.2, 0.25) is 10.0 Å². The van der Waals surface area contributed by atoms with Crippen LogP contribution >= 0.6 is 23.2 Å². The van der Waals surface area contributed by atoms with E-state index in [9.17, 15) is 5.11 Å². The molecular formula is C30H29Cl2N3O2. The standard InChI is InChI=1S/C30H29Cl2N3O2/c31-26-15-22(16-27(32)30(26)36)21-5-8-28-25(14-21)29(23(17-33-28)13-19-1-2-19)34-24-6-3-20(4-7-24)18-35-9-11-37-12-10-35/h3-8,14-17,19,36H,1-2,9-13,18H2,(H,33,34). The summed E-state index contributed by atoms with van der Waals surface area (Å²) in [6.07, 6.45) is 5.59. The van der Waals surface area contributed by atoms with Gasteiger partial charge in [0.05, 0.1) is 34.5 Å². The van der Waals surface area contributed by atoms with Gasteiger partial charge in [-0.1, -0.05) is 41.4 Å². The number of hydrogen-bond donors (Lipinski definition) is 2. The van der Waals surface area contributed by atoms with Gasteiger partial charge in [0, 0.05) is 36.9 Å². The molecule has 0 unspecified atom stereocenters. The van der Waals surface area contributed by atoms with Gasteiger partial charge in [0.2, 0.25) is 0 Å². The molecule has 3 aromatic carbocycles. The van der Waals surface area contributed by atoms with Crippen LogP contribution < -0.4 is 5.32 Å². The third kappa shape index (κ3) is 5.55. The molecule has 0 atom stereocenters. The third-order valence-electron chi connectivity index (χ3n) is 7.24. The minimum atomic E-state index is -0.0966. The summed E-state index contributed by atoms with van der Waals surface area (Å²) in [6.45, 7) is 4.52. The molecule has 1 aromatic heterocycles. The minimum Gasteiger partial charge on any atom is -0.505 e. The Kier molecular flexibility index (Phi) is 6.96. The number of rotatable bonds is 7. The van der Waals surface area contributed by atoms with Crippen LogP contribution in [-0.2, 0) is 17.7 Å². The first-order valence-electron chi connectivity index (χ1n) is 12.8. The molecule has 7 heteroatoms. The Hall–Kier alpha value is -2.83. The van der Waals surface area contributed by atoms with Crippen molar-refractivity contribution in [2.45, 2.75) is 25.8 Å². The number of phenols is 1. The molecule has 2 heterocycles. The van der Waals surface area contributed by atoms with Gasteiger partial charge in [-0.05, 0) is 83.8 Å². The van der Waals surface area contributed by atoms with E-state index in [0.717, 1.165) is 78.6 Å². The number of nitrogens with zero attached hydrogens (tertiary/aromatic N) is 2. The summed E-state index contributed by atoms with van der Waals surface area (Å²) in [5, 5.41) is 15.2. The van der Waals surface area contributed by atoms with E-state index in [1.165, 1.54) is 24.0 Å². The number of aromatic nitrogens is 1. The summed E-state index contributed by atoms with van der Waals surface area (Å²) in [4.78, 5) is 7.21. The van der Waals surface area contributed by atoms with E-state index in [1.54, 1.807) is 12.1 Å². The molecule has 2 aliphatic rings. The lowest BCUT2D eigenvalue weighted by atomic mass is 9.99. The van der Waals surface area contributed by atoms with Crippen molar-refractivity contribution in [2.24, 2.45) is 5.92 Å². The molecule has 0 bridgehead atoms. The number of nitrogens with one attached hydrogen (secondary N) is 1. The van der Waals surface area contributed by atoms with Gasteiger partial charge in [0.15, 0.2) is 5.75 Å². The van der Waals surface area contributed by atoms with Crippen LogP contribution in [0.5, 0.6) is 5.75 Å². The largest absolute Gasteiger partial charge is 0.505 e. The molecule has 2 fully saturated rings. The molecular weight excluding hydrogens is 505 g/mol. The van der Waals surface area contributed by atoms with Crippen LogP contribution in [0.15, 0.2) is 60.8 Å². The second-order valence-corrected chi connectivity index (χ2v) is 10.9. The van der Waals surface area contributed by atoms with Crippen molar-refractivity contribution in [3.8, 4) is 16.9 Å². The zero-order chi connectivity index (χ0) is 25.4. The van der Waals surface area contributed by atoms with Crippen molar-refractivity contribution in [3.05, 3.63) is 82.0 Å². The number of ether oxygens (including phenoxy) is 1. The van der Waals surface area contributed by atoms with Crippen molar-refractivity contribution < 1.29 is 9.84 Å². The highest BCUT2D eigenvalue weighted by Gasteiger charge is 2.24. The van der Waals surface area contributed by atoms with Crippen LogP contribution in [0.4, 0.5) is 11.4 Å². The summed E-state index contributed by atoms with van der Waals surface area (Å²) >= 11 is 12.4. The molecule has 6 rings (SSSR count). The predicted molar refractivity (Wildman–Crippen MR) is 151 cm³/mol. The van der Waals surface area contributed by atoms with Crippen LogP contribution in [-0.4, -0.2) is 41.3 Å². The van der Waals surface area contributed by atoms with Crippen LogP contribution in [0.25, 0.3) is 22.0 Å². The van der Waals surface area contributed by atoms with Gasteiger partial charge >= 0.3 is 0 Å². The highest BCUT2D eigenvalue weighted by molar-refractivity contribution is 6.37. The minimum absolute atomic E-state index is 0.0966. The number of fused-ring (bicyclic) bond motifs is 1. The highest BCUT2D eigenvalue weighted by atomic mass is 35.5. The van der Waals surface area contributed by atoms with E-state index >= 15 is 0 Å². The molecule has 0 amide bonds. The molecule has 0 radical (unpaired) electrons. The van der Waals surface area contributed by atoms with Gasteiger partial charge in [-0.25, -0.2) is 0 Å². The Balaban J connectivity index is 1.34. The molecule has 1 aliphatic carbocycles. The van der Waals surface area contributed by atoms with Crippen molar-refractivity contribution in [1.82, 2.24) is 9.88 Å². The average molecular weight is 534 g/mol. The number of phenolic OH excluding ortho intramolecular Hbond substituents is 1. The Labute approximate surface area is 227 Å². The van der Waals surface area contributed by atoms with Gasteiger partial charge in [0.25, 0.3) is 0 Å². The molecule has 1 aliphatic heterocycles.